The van der Waals surface area contributed by atoms with Crippen molar-refractivity contribution in [3.05, 3.63) is 71.6 Å². The summed E-state index contributed by atoms with van der Waals surface area (Å²) >= 11 is 3.09. The molecule has 1 aliphatic heterocycles. The van der Waals surface area contributed by atoms with Gasteiger partial charge < -0.3 is 5.32 Å². The quantitative estimate of drug-likeness (QED) is 0.717. The van der Waals surface area contributed by atoms with Crippen molar-refractivity contribution in [2.45, 2.75) is 0 Å². The molecular formula is C20H16N2OS2. The first-order valence-electron chi connectivity index (χ1n) is 8.04. The van der Waals surface area contributed by atoms with Crippen LogP contribution in [0.3, 0.4) is 0 Å². The number of carbonyl (C=O) groups excluding carboxylic acids is 1. The largest absolute Gasteiger partial charge is 0.301 e. The molecule has 5 heteroatoms. The number of carbonyl (C=O) groups is 1. The van der Waals surface area contributed by atoms with Crippen LogP contribution >= 0.6 is 23.1 Å². The van der Waals surface area contributed by atoms with Crippen LogP contribution in [0.15, 0.2) is 71.7 Å². The Morgan fingerprint density at radius 1 is 0.880 bits per heavy atom. The van der Waals surface area contributed by atoms with E-state index in [0.717, 1.165) is 27.9 Å². The molecule has 25 heavy (non-hydrogen) atoms. The fourth-order valence-corrected chi connectivity index (χ4v) is 4.27. The third-order valence-electron chi connectivity index (χ3n) is 3.91. The Kier molecular flexibility index (Phi) is 4.68. The first-order valence-corrected chi connectivity index (χ1v) is 9.84. The van der Waals surface area contributed by atoms with Crippen LogP contribution in [0.4, 0.5) is 0 Å². The smallest absolute Gasteiger partial charge is 0.267 e. The van der Waals surface area contributed by atoms with Gasteiger partial charge in [-0.3, -0.25) is 9.79 Å². The van der Waals surface area contributed by atoms with Crippen LogP contribution in [0, 0.1) is 0 Å². The number of nitrogens with one attached hydrogen (secondary N) is 1. The highest BCUT2D eigenvalue weighted by molar-refractivity contribution is 8.14. The topological polar surface area (TPSA) is 41.5 Å². The lowest BCUT2D eigenvalue weighted by Gasteiger charge is -2.03. The molecule has 0 atom stereocenters. The van der Waals surface area contributed by atoms with Crippen molar-refractivity contribution in [1.82, 2.24) is 5.32 Å². The first kappa shape index (κ1) is 16.1. The number of aliphatic imine (C=N–C) groups is 1. The summed E-state index contributed by atoms with van der Waals surface area (Å²) in [5, 5.41) is 3.60. The molecule has 0 unspecified atom stereocenters. The number of benzene rings is 2. The van der Waals surface area contributed by atoms with Gasteiger partial charge >= 0.3 is 0 Å². The van der Waals surface area contributed by atoms with Crippen molar-refractivity contribution in [2.75, 3.05) is 12.3 Å². The summed E-state index contributed by atoms with van der Waals surface area (Å²) in [6.07, 6.45) is 0. The number of amidine groups is 1. The van der Waals surface area contributed by atoms with Crippen molar-refractivity contribution in [3.8, 4) is 21.6 Å². The molecule has 1 aromatic heterocycles. The van der Waals surface area contributed by atoms with Crippen LogP contribution in [0.25, 0.3) is 21.6 Å². The van der Waals surface area contributed by atoms with Crippen molar-refractivity contribution in [2.24, 2.45) is 4.99 Å². The van der Waals surface area contributed by atoms with Gasteiger partial charge in [0.1, 0.15) is 0 Å². The summed E-state index contributed by atoms with van der Waals surface area (Å²) in [5.41, 5.74) is 3.52. The Bertz CT molecular complexity index is 914. The van der Waals surface area contributed by atoms with Gasteiger partial charge in [0.2, 0.25) is 0 Å². The van der Waals surface area contributed by atoms with Gasteiger partial charge in [-0.25, -0.2) is 0 Å². The monoisotopic (exact) mass is 364 g/mol. The maximum atomic E-state index is 12.3. The van der Waals surface area contributed by atoms with E-state index in [4.69, 9.17) is 0 Å². The third kappa shape index (κ3) is 3.67. The van der Waals surface area contributed by atoms with E-state index < -0.39 is 0 Å². The summed E-state index contributed by atoms with van der Waals surface area (Å²) in [6.45, 7) is 0.781. The lowest BCUT2D eigenvalue weighted by molar-refractivity contribution is 0.0982. The zero-order chi connectivity index (χ0) is 17.1. The summed E-state index contributed by atoms with van der Waals surface area (Å²) in [5.74, 6) is 0.865. The molecule has 0 bridgehead atoms. The van der Waals surface area contributed by atoms with Gasteiger partial charge in [0.15, 0.2) is 5.17 Å². The second-order valence-electron chi connectivity index (χ2n) is 5.60. The van der Waals surface area contributed by atoms with Crippen LogP contribution in [0.2, 0.25) is 0 Å². The van der Waals surface area contributed by atoms with E-state index in [-0.39, 0.29) is 5.91 Å². The van der Waals surface area contributed by atoms with Gasteiger partial charge in [-0.1, -0.05) is 66.4 Å². The van der Waals surface area contributed by atoms with E-state index in [1.165, 1.54) is 22.5 Å². The molecular weight excluding hydrogens is 348 g/mol. The minimum absolute atomic E-state index is 0.0784. The number of thiophene rings is 1. The Morgan fingerprint density at radius 2 is 1.60 bits per heavy atom. The highest BCUT2D eigenvalue weighted by Crippen LogP contribution is 2.30. The Morgan fingerprint density at radius 3 is 2.32 bits per heavy atom. The molecule has 124 valence electrons. The molecule has 1 aliphatic rings. The first-order chi connectivity index (χ1) is 12.3. The highest BCUT2D eigenvalue weighted by Gasteiger charge is 2.15. The van der Waals surface area contributed by atoms with Gasteiger partial charge in [0.25, 0.3) is 5.91 Å². The predicted molar refractivity (Wildman–Crippen MR) is 107 cm³/mol. The standard InChI is InChI=1S/C20H16N2OS2/c23-19(22-20-21-12-13-24-20)18-11-10-17(25-18)16-8-6-15(7-9-16)14-4-2-1-3-5-14/h1-11H,12-13H2,(H,21,22,23). The predicted octanol–water partition coefficient (Wildman–Crippen LogP) is 4.91. The second kappa shape index (κ2) is 7.25. The summed E-state index contributed by atoms with van der Waals surface area (Å²) in [6, 6.07) is 22.6. The molecule has 2 aromatic carbocycles. The van der Waals surface area contributed by atoms with E-state index >= 15 is 0 Å². The number of nitrogens with zero attached hydrogens (tertiary/aromatic N) is 1. The van der Waals surface area contributed by atoms with Gasteiger partial charge in [-0.05, 0) is 28.8 Å². The second-order valence-corrected chi connectivity index (χ2v) is 7.76. The highest BCUT2D eigenvalue weighted by atomic mass is 32.2. The molecule has 0 saturated heterocycles. The lowest BCUT2D eigenvalue weighted by Crippen LogP contribution is -2.26. The fourth-order valence-electron chi connectivity index (χ4n) is 2.64. The number of hydrogen-bond acceptors (Lipinski definition) is 4. The van der Waals surface area contributed by atoms with Crippen molar-refractivity contribution in [3.63, 3.8) is 0 Å². The Balaban J connectivity index is 1.51. The van der Waals surface area contributed by atoms with Gasteiger partial charge in [-0.15, -0.1) is 11.3 Å². The maximum absolute atomic E-state index is 12.3. The third-order valence-corrected chi connectivity index (χ3v) is 5.94. The Hall–Kier alpha value is -2.37. The molecule has 3 aromatic rings. The summed E-state index contributed by atoms with van der Waals surface area (Å²) in [7, 11) is 0. The SMILES string of the molecule is O=C(NC1=NCCS1)c1ccc(-c2ccc(-c3ccccc3)cc2)s1. The van der Waals surface area contributed by atoms with E-state index in [1.54, 1.807) is 11.8 Å². The lowest BCUT2D eigenvalue weighted by atomic mass is 10.0. The number of hydrogen-bond donors (Lipinski definition) is 1. The minimum atomic E-state index is -0.0784. The van der Waals surface area contributed by atoms with Crippen LogP contribution in [-0.4, -0.2) is 23.4 Å². The average molecular weight is 364 g/mol. The molecule has 0 fully saturated rings. The molecule has 0 radical (unpaired) electrons. The van der Waals surface area contributed by atoms with Crippen LogP contribution in [0.1, 0.15) is 9.67 Å². The Labute approximate surface area is 154 Å². The van der Waals surface area contributed by atoms with Crippen molar-refractivity contribution < 1.29 is 4.79 Å². The zero-order valence-electron chi connectivity index (χ0n) is 13.4. The number of rotatable bonds is 3. The molecule has 1 amide bonds. The van der Waals surface area contributed by atoms with Gasteiger partial charge in [0, 0.05) is 10.6 Å². The van der Waals surface area contributed by atoms with E-state index in [0.29, 0.717) is 4.88 Å². The average Bonchev–Trinajstić information content (AvgIpc) is 3.34. The number of amides is 1. The van der Waals surface area contributed by atoms with Gasteiger partial charge in [0.05, 0.1) is 11.4 Å². The molecule has 1 N–H and O–H groups in total. The zero-order valence-corrected chi connectivity index (χ0v) is 15.1. The minimum Gasteiger partial charge on any atom is -0.301 e. The maximum Gasteiger partial charge on any atom is 0.267 e. The fraction of sp³-hybridized carbons (Fsp3) is 0.100. The molecule has 3 nitrogen and oxygen atoms in total. The van der Waals surface area contributed by atoms with E-state index in [2.05, 4.69) is 46.7 Å². The van der Waals surface area contributed by atoms with Crippen LogP contribution in [0.5, 0.6) is 0 Å². The van der Waals surface area contributed by atoms with Crippen molar-refractivity contribution >= 4 is 34.2 Å². The van der Waals surface area contributed by atoms with Crippen LogP contribution in [-0.2, 0) is 0 Å². The normalized spacial score (nSPS) is 13.5. The molecule has 0 spiro atoms. The molecule has 0 aliphatic carbocycles. The van der Waals surface area contributed by atoms with Crippen molar-refractivity contribution in [1.29, 1.82) is 0 Å². The molecule has 2 heterocycles. The molecule has 0 saturated carbocycles. The van der Waals surface area contributed by atoms with E-state index in [9.17, 15) is 4.79 Å². The summed E-state index contributed by atoms with van der Waals surface area (Å²) < 4.78 is 0. The van der Waals surface area contributed by atoms with Crippen LogP contribution < -0.4 is 5.32 Å². The summed E-state index contributed by atoms with van der Waals surface area (Å²) in [4.78, 5) is 18.3. The number of thioether (sulfide) groups is 1. The van der Waals surface area contributed by atoms with Gasteiger partial charge in [-0.2, -0.15) is 0 Å². The van der Waals surface area contributed by atoms with E-state index in [1.807, 2.05) is 30.3 Å². The molecule has 4 rings (SSSR count).